The molecule has 4 nitrogen and oxygen atoms in total. The molecule has 0 amide bonds. The summed E-state index contributed by atoms with van der Waals surface area (Å²) in [5.74, 6) is 0.755. The highest BCUT2D eigenvalue weighted by atomic mass is 16.5. The lowest BCUT2D eigenvalue weighted by Crippen LogP contribution is -2.29. The van der Waals surface area contributed by atoms with Gasteiger partial charge in [0.25, 0.3) is 0 Å². The molecule has 0 spiro atoms. The zero-order valence-electron chi connectivity index (χ0n) is 11.3. The molecule has 0 bridgehead atoms. The van der Waals surface area contributed by atoms with Crippen LogP contribution in [0.25, 0.3) is 10.8 Å². The van der Waals surface area contributed by atoms with E-state index in [0.717, 1.165) is 22.2 Å². The van der Waals surface area contributed by atoms with Crippen LogP contribution in [0.3, 0.4) is 0 Å². The van der Waals surface area contributed by atoms with E-state index in [1.54, 1.807) is 18.3 Å². The fourth-order valence-corrected chi connectivity index (χ4v) is 2.13. The van der Waals surface area contributed by atoms with Gasteiger partial charge in [-0.1, -0.05) is 30.3 Å². The van der Waals surface area contributed by atoms with Gasteiger partial charge in [-0.15, -0.1) is 0 Å². The molecule has 0 saturated carbocycles. The van der Waals surface area contributed by atoms with Crippen molar-refractivity contribution in [2.75, 3.05) is 0 Å². The molecule has 1 aromatic heterocycles. The van der Waals surface area contributed by atoms with E-state index >= 15 is 0 Å². The number of ether oxygens (including phenoxy) is 1. The summed E-state index contributed by atoms with van der Waals surface area (Å²) >= 11 is 0. The van der Waals surface area contributed by atoms with Crippen LogP contribution in [0.1, 0.15) is 5.69 Å². The Kier molecular flexibility index (Phi) is 3.86. The Labute approximate surface area is 122 Å². The van der Waals surface area contributed by atoms with Gasteiger partial charge < -0.3 is 14.8 Å². The average molecular weight is 279 g/mol. The summed E-state index contributed by atoms with van der Waals surface area (Å²) in [4.78, 5) is 4.21. The Morgan fingerprint density at radius 1 is 0.952 bits per heavy atom. The molecular formula is C16H14BNO3. The second-order valence-corrected chi connectivity index (χ2v) is 4.75. The summed E-state index contributed by atoms with van der Waals surface area (Å²) in [7, 11) is -1.45. The Bertz CT molecular complexity index is 747. The van der Waals surface area contributed by atoms with Crippen LogP contribution in [0, 0.1) is 0 Å². The van der Waals surface area contributed by atoms with Crippen LogP contribution in [0.15, 0.2) is 60.8 Å². The number of aromatic nitrogens is 1. The highest BCUT2D eigenvalue weighted by Crippen LogP contribution is 2.20. The third-order valence-electron chi connectivity index (χ3n) is 3.25. The number of fused-ring (bicyclic) bond motifs is 1. The van der Waals surface area contributed by atoms with Crippen molar-refractivity contribution in [2.24, 2.45) is 0 Å². The first-order chi connectivity index (χ1) is 10.2. The first kappa shape index (κ1) is 13.6. The van der Waals surface area contributed by atoms with Gasteiger partial charge in [0.1, 0.15) is 12.4 Å². The van der Waals surface area contributed by atoms with Crippen molar-refractivity contribution >= 4 is 23.4 Å². The third-order valence-corrected chi connectivity index (χ3v) is 3.25. The van der Waals surface area contributed by atoms with E-state index < -0.39 is 7.12 Å². The zero-order chi connectivity index (χ0) is 14.7. The van der Waals surface area contributed by atoms with E-state index in [2.05, 4.69) is 4.98 Å². The molecule has 3 rings (SSSR count). The molecule has 0 aliphatic rings. The van der Waals surface area contributed by atoms with Crippen LogP contribution in [0.2, 0.25) is 0 Å². The van der Waals surface area contributed by atoms with Crippen LogP contribution in [0.4, 0.5) is 0 Å². The molecule has 0 saturated heterocycles. The van der Waals surface area contributed by atoms with Gasteiger partial charge >= 0.3 is 7.12 Å². The van der Waals surface area contributed by atoms with Gasteiger partial charge in [0.2, 0.25) is 0 Å². The number of nitrogens with zero attached hydrogens (tertiary/aromatic N) is 1. The van der Waals surface area contributed by atoms with E-state index in [9.17, 15) is 10.0 Å². The number of rotatable bonds is 4. The van der Waals surface area contributed by atoms with E-state index in [1.807, 2.05) is 42.5 Å². The first-order valence-electron chi connectivity index (χ1n) is 6.65. The molecule has 0 atom stereocenters. The van der Waals surface area contributed by atoms with Crippen molar-refractivity contribution in [2.45, 2.75) is 6.61 Å². The zero-order valence-corrected chi connectivity index (χ0v) is 11.3. The predicted molar refractivity (Wildman–Crippen MR) is 82.3 cm³/mol. The van der Waals surface area contributed by atoms with Crippen LogP contribution in [-0.2, 0) is 6.61 Å². The Morgan fingerprint density at radius 3 is 2.52 bits per heavy atom. The number of hydrogen-bond donors (Lipinski definition) is 2. The van der Waals surface area contributed by atoms with Gasteiger partial charge in [-0.05, 0) is 40.5 Å². The summed E-state index contributed by atoms with van der Waals surface area (Å²) in [6, 6.07) is 16.7. The van der Waals surface area contributed by atoms with Gasteiger partial charge in [-0.25, -0.2) is 0 Å². The Morgan fingerprint density at radius 2 is 1.76 bits per heavy atom. The van der Waals surface area contributed by atoms with Crippen LogP contribution in [0.5, 0.6) is 5.75 Å². The molecule has 2 N–H and O–H groups in total. The minimum atomic E-state index is -1.45. The molecule has 104 valence electrons. The highest BCUT2D eigenvalue weighted by Gasteiger charge is 2.10. The molecule has 2 aromatic carbocycles. The van der Waals surface area contributed by atoms with Gasteiger partial charge in [0.05, 0.1) is 5.69 Å². The lowest BCUT2D eigenvalue weighted by Gasteiger charge is -2.08. The molecular weight excluding hydrogens is 265 g/mol. The van der Waals surface area contributed by atoms with E-state index in [4.69, 9.17) is 4.74 Å². The summed E-state index contributed by atoms with van der Waals surface area (Å²) in [5.41, 5.74) is 1.35. The van der Waals surface area contributed by atoms with E-state index in [0.29, 0.717) is 12.1 Å². The molecule has 0 unspecified atom stereocenters. The van der Waals surface area contributed by atoms with Gasteiger partial charge in [0.15, 0.2) is 0 Å². The highest BCUT2D eigenvalue weighted by molar-refractivity contribution is 6.58. The largest absolute Gasteiger partial charge is 0.488 e. The van der Waals surface area contributed by atoms with E-state index in [1.165, 1.54) is 0 Å². The minimum absolute atomic E-state index is 0.416. The molecule has 0 aliphatic heterocycles. The van der Waals surface area contributed by atoms with Gasteiger partial charge in [0, 0.05) is 6.20 Å². The number of benzene rings is 2. The summed E-state index contributed by atoms with van der Waals surface area (Å²) in [5, 5.41) is 20.3. The van der Waals surface area contributed by atoms with Crippen LogP contribution in [-0.4, -0.2) is 22.2 Å². The predicted octanol–water partition coefficient (Wildman–Crippen LogP) is 1.49. The van der Waals surface area contributed by atoms with Crippen molar-refractivity contribution in [3.63, 3.8) is 0 Å². The number of pyridine rings is 1. The molecule has 0 fully saturated rings. The van der Waals surface area contributed by atoms with Crippen molar-refractivity contribution in [1.29, 1.82) is 0 Å². The monoisotopic (exact) mass is 279 g/mol. The van der Waals surface area contributed by atoms with Gasteiger partial charge in [-0.3, -0.25) is 4.98 Å². The average Bonchev–Trinajstić information content (AvgIpc) is 2.53. The molecule has 0 aliphatic carbocycles. The van der Waals surface area contributed by atoms with Crippen molar-refractivity contribution < 1.29 is 14.8 Å². The van der Waals surface area contributed by atoms with Crippen molar-refractivity contribution in [3.8, 4) is 5.75 Å². The van der Waals surface area contributed by atoms with Crippen molar-refractivity contribution in [1.82, 2.24) is 4.98 Å². The summed E-state index contributed by atoms with van der Waals surface area (Å²) < 4.78 is 5.72. The summed E-state index contributed by atoms with van der Waals surface area (Å²) in [6.07, 6.45) is 1.74. The minimum Gasteiger partial charge on any atom is -0.487 e. The fraction of sp³-hybridized carbons (Fsp3) is 0.0625. The third kappa shape index (κ3) is 3.21. The van der Waals surface area contributed by atoms with Gasteiger partial charge in [-0.2, -0.15) is 0 Å². The lowest BCUT2D eigenvalue weighted by molar-refractivity contribution is 0.302. The molecule has 21 heavy (non-hydrogen) atoms. The second kappa shape index (κ2) is 5.95. The topological polar surface area (TPSA) is 62.6 Å². The van der Waals surface area contributed by atoms with Crippen molar-refractivity contribution in [3.05, 3.63) is 66.5 Å². The molecule has 0 radical (unpaired) electrons. The maximum atomic E-state index is 9.17. The second-order valence-electron chi connectivity index (χ2n) is 4.75. The first-order valence-corrected chi connectivity index (χ1v) is 6.65. The Hall–Kier alpha value is -2.37. The quantitative estimate of drug-likeness (QED) is 0.710. The van der Waals surface area contributed by atoms with Crippen LogP contribution >= 0.6 is 0 Å². The lowest BCUT2D eigenvalue weighted by atomic mass is 9.79. The smallest absolute Gasteiger partial charge is 0.487 e. The maximum Gasteiger partial charge on any atom is 0.488 e. The SMILES string of the molecule is OB(O)c1ccc2cc(OCc3ccccn3)ccc2c1. The van der Waals surface area contributed by atoms with Crippen LogP contribution < -0.4 is 10.2 Å². The normalized spacial score (nSPS) is 10.6. The van der Waals surface area contributed by atoms with E-state index in [-0.39, 0.29) is 0 Å². The standard InChI is InChI=1S/C16H14BNO3/c19-17(20)14-6-4-13-10-16(7-5-12(13)9-14)21-11-15-3-1-2-8-18-15/h1-10,19-20H,11H2. The molecule has 1 heterocycles. The molecule has 5 heteroatoms. The fourth-order valence-electron chi connectivity index (χ4n) is 2.13. The molecule has 3 aromatic rings. The summed E-state index contributed by atoms with van der Waals surface area (Å²) in [6.45, 7) is 0.416. The Balaban J connectivity index is 1.79. The maximum absolute atomic E-state index is 9.17. The number of hydrogen-bond acceptors (Lipinski definition) is 4.